The first-order valence-corrected chi connectivity index (χ1v) is 12.4. The Kier molecular flexibility index (Phi) is 12.3. The highest BCUT2D eigenvalue weighted by Gasteiger charge is 2.36. The van der Waals surface area contributed by atoms with Crippen LogP contribution in [0, 0.1) is 17.8 Å². The Morgan fingerprint density at radius 1 is 1.12 bits per heavy atom. The van der Waals surface area contributed by atoms with Gasteiger partial charge in [0.15, 0.2) is 0 Å². The molecule has 1 aliphatic carbocycles. The molecular weight excluding hydrogens is 429 g/mol. The summed E-state index contributed by atoms with van der Waals surface area (Å²) in [5.41, 5.74) is 0.955. The molecule has 0 N–H and O–H groups in total. The summed E-state index contributed by atoms with van der Waals surface area (Å²) >= 11 is 0. The summed E-state index contributed by atoms with van der Waals surface area (Å²) in [6, 6.07) is 9.62. The first kappa shape index (κ1) is 26.3. The van der Waals surface area contributed by atoms with Gasteiger partial charge in [0.1, 0.15) is 13.2 Å². The van der Waals surface area contributed by atoms with Gasteiger partial charge >= 0.3 is 20.7 Å². The molecule has 7 nitrogen and oxygen atoms in total. The van der Waals surface area contributed by atoms with Gasteiger partial charge in [0.05, 0.1) is 13.0 Å². The van der Waals surface area contributed by atoms with Crippen LogP contribution in [0.5, 0.6) is 0 Å². The van der Waals surface area contributed by atoms with Gasteiger partial charge in [-0.2, -0.15) is 0 Å². The Labute approximate surface area is 193 Å². The molecule has 32 heavy (non-hydrogen) atoms. The maximum Gasteiger partial charge on any atom is 0.494 e. The van der Waals surface area contributed by atoms with Gasteiger partial charge < -0.3 is 14.4 Å². The largest absolute Gasteiger partial charge is 0.494 e. The highest BCUT2D eigenvalue weighted by atomic mass is 31.1. The molecule has 4 atom stereocenters. The molecule has 1 amide bonds. The standard InChI is InChI=1S/C24H37NO6P/c1-25(24(27)30-18-19-10-4-3-5-11-19)16-15-20(12-8-9-17-31-32-28)21-13-6-7-14-22(21)23(26)29-2/h3-5,10-11,20-22,32H,6-9,12-18H2,1-2H3/q+1. The van der Waals surface area contributed by atoms with E-state index in [0.29, 0.717) is 19.1 Å². The summed E-state index contributed by atoms with van der Waals surface area (Å²) in [6.07, 6.45) is 7.20. The SMILES string of the molecule is COC(=O)C1CCCCC1C(CCCCO[PH+]=O)CCN(C)C(=O)OCc1ccccc1. The van der Waals surface area contributed by atoms with E-state index in [-0.39, 0.29) is 30.5 Å². The normalized spacial score (nSPS) is 19.3. The van der Waals surface area contributed by atoms with Crippen LogP contribution in [-0.4, -0.2) is 44.3 Å². The van der Waals surface area contributed by atoms with E-state index in [1.165, 1.54) is 7.11 Å². The van der Waals surface area contributed by atoms with Gasteiger partial charge in [0, 0.05) is 13.6 Å². The number of ether oxygens (including phenoxy) is 2. The van der Waals surface area contributed by atoms with Crippen LogP contribution in [0.2, 0.25) is 0 Å². The summed E-state index contributed by atoms with van der Waals surface area (Å²) < 4.78 is 26.0. The zero-order valence-corrected chi connectivity index (χ0v) is 20.3. The lowest BCUT2D eigenvalue weighted by Gasteiger charge is -2.36. The van der Waals surface area contributed by atoms with Gasteiger partial charge in [-0.3, -0.25) is 4.79 Å². The van der Waals surface area contributed by atoms with Gasteiger partial charge in [-0.05, 0) is 47.6 Å². The smallest absolute Gasteiger partial charge is 0.469 e. The fraction of sp³-hybridized carbons (Fsp3) is 0.667. The number of carbonyl (C=O) groups excluding carboxylic acids is 2. The molecule has 0 heterocycles. The Bertz CT molecular complexity index is 701. The molecular formula is C24H37NO6P+. The lowest BCUT2D eigenvalue weighted by molar-refractivity contribution is -0.149. The third-order valence-electron chi connectivity index (χ3n) is 6.41. The van der Waals surface area contributed by atoms with Crippen LogP contribution in [-0.2, 0) is 30.0 Å². The van der Waals surface area contributed by atoms with Gasteiger partial charge in [0.2, 0.25) is 0 Å². The number of carbonyl (C=O) groups is 2. The van der Waals surface area contributed by atoms with E-state index >= 15 is 0 Å². The number of hydrogen-bond donors (Lipinski definition) is 0. The summed E-state index contributed by atoms with van der Waals surface area (Å²) in [5.74, 6) is 0.366. The van der Waals surface area contributed by atoms with E-state index in [0.717, 1.165) is 56.9 Å². The Morgan fingerprint density at radius 2 is 1.88 bits per heavy atom. The monoisotopic (exact) mass is 466 g/mol. The van der Waals surface area contributed by atoms with Crippen LogP contribution < -0.4 is 0 Å². The van der Waals surface area contributed by atoms with E-state index in [1.807, 2.05) is 30.3 Å². The lowest BCUT2D eigenvalue weighted by atomic mass is 9.70. The molecule has 0 aliphatic heterocycles. The van der Waals surface area contributed by atoms with Gasteiger partial charge in [-0.15, -0.1) is 4.52 Å². The van der Waals surface area contributed by atoms with E-state index in [1.54, 1.807) is 11.9 Å². The van der Waals surface area contributed by atoms with Crippen LogP contribution >= 0.6 is 8.69 Å². The molecule has 0 bridgehead atoms. The average Bonchev–Trinajstić information content (AvgIpc) is 2.84. The fourth-order valence-electron chi connectivity index (χ4n) is 4.64. The summed E-state index contributed by atoms with van der Waals surface area (Å²) in [6.45, 7) is 1.30. The Balaban J connectivity index is 1.92. The van der Waals surface area contributed by atoms with Crippen molar-refractivity contribution >= 4 is 20.7 Å². The van der Waals surface area contributed by atoms with Crippen molar-refractivity contribution in [3.8, 4) is 0 Å². The third kappa shape index (κ3) is 8.87. The molecule has 1 aliphatic rings. The summed E-state index contributed by atoms with van der Waals surface area (Å²) in [7, 11) is 2.49. The second-order valence-electron chi connectivity index (χ2n) is 8.52. The second kappa shape index (κ2) is 15.0. The number of rotatable bonds is 13. The lowest BCUT2D eigenvalue weighted by Crippen LogP contribution is -2.36. The van der Waals surface area contributed by atoms with Crippen molar-refractivity contribution in [2.24, 2.45) is 17.8 Å². The van der Waals surface area contributed by atoms with Gasteiger partial charge in [-0.25, -0.2) is 4.79 Å². The fourth-order valence-corrected chi connectivity index (χ4v) is 4.87. The molecule has 178 valence electrons. The van der Waals surface area contributed by atoms with E-state index in [4.69, 9.17) is 14.0 Å². The molecule has 2 rings (SSSR count). The van der Waals surface area contributed by atoms with Crippen molar-refractivity contribution in [1.82, 2.24) is 4.90 Å². The van der Waals surface area contributed by atoms with Crippen molar-refractivity contribution < 1.29 is 28.2 Å². The van der Waals surface area contributed by atoms with Crippen LogP contribution in [0.4, 0.5) is 4.79 Å². The molecule has 1 aromatic carbocycles. The van der Waals surface area contributed by atoms with Gasteiger partial charge in [-0.1, -0.05) is 56.0 Å². The van der Waals surface area contributed by atoms with E-state index in [9.17, 15) is 14.2 Å². The molecule has 1 aromatic rings. The third-order valence-corrected chi connectivity index (χ3v) is 6.73. The summed E-state index contributed by atoms with van der Waals surface area (Å²) in [4.78, 5) is 26.5. The topological polar surface area (TPSA) is 82.1 Å². The first-order chi connectivity index (χ1) is 15.6. The van der Waals surface area contributed by atoms with Crippen LogP contribution in [0.3, 0.4) is 0 Å². The number of unbranched alkanes of at least 4 members (excludes halogenated alkanes) is 1. The van der Waals surface area contributed by atoms with Crippen LogP contribution in [0.1, 0.15) is 56.9 Å². The van der Waals surface area contributed by atoms with E-state index in [2.05, 4.69) is 0 Å². The predicted molar refractivity (Wildman–Crippen MR) is 124 cm³/mol. The molecule has 1 saturated carbocycles. The number of amides is 1. The van der Waals surface area contributed by atoms with Crippen molar-refractivity contribution in [2.45, 2.75) is 58.0 Å². The Morgan fingerprint density at radius 3 is 2.59 bits per heavy atom. The van der Waals surface area contributed by atoms with Gasteiger partial charge in [0.25, 0.3) is 0 Å². The predicted octanol–water partition coefficient (Wildman–Crippen LogP) is 5.37. The van der Waals surface area contributed by atoms with Crippen molar-refractivity contribution in [1.29, 1.82) is 0 Å². The number of methoxy groups -OCH3 is 1. The molecule has 0 saturated heterocycles. The number of esters is 1. The van der Waals surface area contributed by atoms with Crippen molar-refractivity contribution in [2.75, 3.05) is 27.3 Å². The van der Waals surface area contributed by atoms with Crippen LogP contribution in [0.25, 0.3) is 0 Å². The molecule has 0 aromatic heterocycles. The zero-order valence-electron chi connectivity index (χ0n) is 19.3. The molecule has 0 radical (unpaired) electrons. The maximum atomic E-state index is 12.4. The van der Waals surface area contributed by atoms with Crippen molar-refractivity contribution in [3.63, 3.8) is 0 Å². The highest BCUT2D eigenvalue weighted by Crippen LogP contribution is 2.39. The number of hydrogen-bond acceptors (Lipinski definition) is 6. The van der Waals surface area contributed by atoms with E-state index < -0.39 is 8.69 Å². The molecule has 1 fully saturated rings. The van der Waals surface area contributed by atoms with Crippen molar-refractivity contribution in [3.05, 3.63) is 35.9 Å². The highest BCUT2D eigenvalue weighted by molar-refractivity contribution is 7.17. The van der Waals surface area contributed by atoms with Crippen LogP contribution in [0.15, 0.2) is 30.3 Å². The number of benzene rings is 1. The quantitative estimate of drug-likeness (QED) is 0.221. The molecule has 4 unspecified atom stereocenters. The minimum absolute atomic E-state index is 0.0755. The number of nitrogens with zero attached hydrogens (tertiary/aromatic N) is 1. The first-order valence-electron chi connectivity index (χ1n) is 11.5. The minimum atomic E-state index is -0.726. The zero-order chi connectivity index (χ0) is 23.2. The average molecular weight is 467 g/mol. The minimum Gasteiger partial charge on any atom is -0.469 e. The second-order valence-corrected chi connectivity index (χ2v) is 8.97. The molecule has 8 heteroatoms. The molecule has 0 spiro atoms. The maximum absolute atomic E-state index is 12.4. The summed E-state index contributed by atoms with van der Waals surface area (Å²) in [5, 5.41) is 0. The Hall–Kier alpha value is -1.98.